The molecule has 0 amide bonds. The van der Waals surface area contributed by atoms with Crippen LogP contribution in [0.15, 0.2) is 12.1 Å². The van der Waals surface area contributed by atoms with E-state index in [1.165, 1.54) is 6.07 Å². The van der Waals surface area contributed by atoms with Gasteiger partial charge in [0.25, 0.3) is 0 Å². The van der Waals surface area contributed by atoms with E-state index in [0.717, 1.165) is 6.07 Å². The Morgan fingerprint density at radius 2 is 1.41 bits per heavy atom. The number of pyridine rings is 1. The third-order valence-corrected chi connectivity index (χ3v) is 8.29. The molecule has 250 valence electrons. The smallest absolute Gasteiger partial charge is 0.337 e. The molecule has 4 rings (SSSR count). The highest BCUT2D eigenvalue weighted by Gasteiger charge is 2.58. The van der Waals surface area contributed by atoms with Crippen LogP contribution in [0.3, 0.4) is 0 Å². The molecule has 3 fully saturated rings. The maximum absolute atomic E-state index is 12.0. The molecule has 2 unspecified atom stereocenters. The minimum Gasteiger partial charge on any atom is -0.478 e. The summed E-state index contributed by atoms with van der Waals surface area (Å²) in [4.78, 5) is 14.5. The summed E-state index contributed by atoms with van der Waals surface area (Å²) >= 11 is 5.08. The van der Waals surface area contributed by atoms with E-state index in [1.807, 2.05) is 0 Å². The second-order valence-corrected chi connectivity index (χ2v) is 11.2. The first-order valence-corrected chi connectivity index (χ1v) is 13.9. The molecule has 0 aliphatic carbocycles. The van der Waals surface area contributed by atoms with E-state index in [1.54, 1.807) is 0 Å². The fourth-order valence-corrected chi connectivity index (χ4v) is 5.65. The number of ether oxygens (including phenoxy) is 5. The summed E-state index contributed by atoms with van der Waals surface area (Å²) in [6.45, 7) is -2.64. The van der Waals surface area contributed by atoms with Crippen molar-refractivity contribution < 1.29 is 74.4 Å². The van der Waals surface area contributed by atoms with Gasteiger partial charge in [0.15, 0.2) is 24.5 Å². The lowest BCUT2D eigenvalue weighted by Gasteiger charge is -2.51. The zero-order chi connectivity index (χ0) is 32.7. The first-order chi connectivity index (χ1) is 20.7. The van der Waals surface area contributed by atoms with Crippen molar-refractivity contribution in [3.05, 3.63) is 28.0 Å². The number of aliphatic hydroxyl groups is 8. The molecular formula is C24H38N4O15S. The Balaban J connectivity index is 1.60. The number of aliphatic hydroxyl groups excluding tert-OH is 8. The van der Waals surface area contributed by atoms with Crippen LogP contribution in [0.4, 0.5) is 0 Å². The van der Waals surface area contributed by atoms with Gasteiger partial charge in [0, 0.05) is 0 Å². The topological polar surface area (TPSA) is 339 Å². The highest BCUT2D eigenvalue weighted by Crippen LogP contribution is 2.40. The van der Waals surface area contributed by atoms with Gasteiger partial charge in [-0.15, -0.1) is 0 Å². The number of aromatic amines is 1. The van der Waals surface area contributed by atoms with Gasteiger partial charge in [-0.1, -0.05) is 12.2 Å². The molecule has 3 saturated heterocycles. The quantitative estimate of drug-likeness (QED) is 0.110. The molecule has 0 spiro atoms. The van der Waals surface area contributed by atoms with Gasteiger partial charge in [-0.2, -0.15) is 0 Å². The summed E-state index contributed by atoms with van der Waals surface area (Å²) in [5.41, 5.74) is 14.7. The van der Waals surface area contributed by atoms with Crippen LogP contribution in [0.25, 0.3) is 0 Å². The van der Waals surface area contributed by atoms with E-state index >= 15 is 0 Å². The number of carboxylic acid groups (broad SMARTS) is 1. The van der Waals surface area contributed by atoms with Gasteiger partial charge in [0.05, 0.1) is 49.2 Å². The summed E-state index contributed by atoms with van der Waals surface area (Å²) in [5, 5.41) is 93.2. The second kappa shape index (κ2) is 13.9. The number of nitrogens with one attached hydrogen (secondary N) is 1. The van der Waals surface area contributed by atoms with Crippen LogP contribution in [0, 0.1) is 4.64 Å². The normalized spacial score (nSPS) is 44.8. The minimum atomic E-state index is -2.38. The molecule has 4 heterocycles. The molecule has 19 nitrogen and oxygen atoms in total. The first-order valence-electron chi connectivity index (χ1n) is 13.5. The summed E-state index contributed by atoms with van der Waals surface area (Å²) in [6, 6.07) is -2.02. The number of carbonyl (C=O) groups is 1. The van der Waals surface area contributed by atoms with Crippen LogP contribution in [0.1, 0.15) is 16.1 Å². The molecule has 16 N–H and O–H groups in total. The van der Waals surface area contributed by atoms with Crippen LogP contribution in [-0.4, -0.2) is 163 Å². The molecule has 1 aromatic rings. The first kappa shape index (κ1) is 35.1. The number of aromatic nitrogens is 1. The summed E-state index contributed by atoms with van der Waals surface area (Å²) in [5.74, 6) is -1.49. The van der Waals surface area contributed by atoms with Gasteiger partial charge < -0.3 is 91.8 Å². The van der Waals surface area contributed by atoms with Crippen LogP contribution >= 0.6 is 12.2 Å². The average Bonchev–Trinajstić information content (AvgIpc) is 3.00. The van der Waals surface area contributed by atoms with Crippen molar-refractivity contribution in [3.63, 3.8) is 0 Å². The highest BCUT2D eigenvalue weighted by atomic mass is 32.1. The molecule has 0 bridgehead atoms. The lowest BCUT2D eigenvalue weighted by atomic mass is 9.82. The van der Waals surface area contributed by atoms with Crippen LogP contribution in [0.5, 0.6) is 0 Å². The van der Waals surface area contributed by atoms with Gasteiger partial charge in [-0.05, 0) is 12.1 Å². The van der Waals surface area contributed by atoms with E-state index < -0.39 is 128 Å². The van der Waals surface area contributed by atoms with E-state index in [2.05, 4.69) is 4.98 Å². The van der Waals surface area contributed by atoms with Crippen molar-refractivity contribution >= 4 is 18.2 Å². The molecule has 3 aliphatic rings. The van der Waals surface area contributed by atoms with Crippen molar-refractivity contribution in [2.24, 2.45) is 17.2 Å². The third kappa shape index (κ3) is 6.28. The lowest BCUT2D eigenvalue weighted by molar-refractivity contribution is -0.363. The minimum absolute atomic E-state index is 0.00342. The number of rotatable bonds is 9. The summed E-state index contributed by atoms with van der Waals surface area (Å²) < 4.78 is 28.2. The Morgan fingerprint density at radius 1 is 0.864 bits per heavy atom. The van der Waals surface area contributed by atoms with E-state index in [-0.39, 0.29) is 4.64 Å². The molecule has 0 radical (unpaired) electrons. The number of hydrogen-bond donors (Lipinski definition) is 13. The molecule has 44 heavy (non-hydrogen) atoms. The molecular weight excluding hydrogens is 616 g/mol. The Kier molecular flexibility index (Phi) is 11.1. The largest absolute Gasteiger partial charge is 0.478 e. The number of hydrogen-bond acceptors (Lipinski definition) is 18. The van der Waals surface area contributed by atoms with E-state index in [0.29, 0.717) is 0 Å². The average molecular weight is 655 g/mol. The van der Waals surface area contributed by atoms with E-state index in [4.69, 9.17) is 53.1 Å². The van der Waals surface area contributed by atoms with Crippen molar-refractivity contribution in [3.8, 4) is 0 Å². The zero-order valence-corrected chi connectivity index (χ0v) is 23.8. The molecule has 0 aromatic carbocycles. The second-order valence-electron chi connectivity index (χ2n) is 10.8. The molecule has 15 atom stereocenters. The predicted molar refractivity (Wildman–Crippen MR) is 144 cm³/mol. The maximum Gasteiger partial charge on any atom is 0.337 e. The summed E-state index contributed by atoms with van der Waals surface area (Å²) in [6.07, 6.45) is -17.9. The SMILES string of the molecule is N[C@H]1[C@@H](OC2[C@@H](CO)O[C@@H](OC3[C@@H](CO)O[C@@H](O)[C@H](N)[C@H]3O)[C@H](N)[C@H]2O)O[C@@](CO)(c2[nH]c(=S)ccc2C(=O)O)[C@@H](O)[C@@H]1O. The van der Waals surface area contributed by atoms with Gasteiger partial charge in [-0.3, -0.25) is 0 Å². The lowest BCUT2D eigenvalue weighted by Crippen LogP contribution is -2.71. The van der Waals surface area contributed by atoms with Crippen molar-refractivity contribution in [1.82, 2.24) is 4.98 Å². The van der Waals surface area contributed by atoms with Crippen LogP contribution in [0.2, 0.25) is 0 Å². The number of H-pyrrole nitrogens is 1. The summed E-state index contributed by atoms with van der Waals surface area (Å²) in [7, 11) is 0. The van der Waals surface area contributed by atoms with Crippen LogP contribution < -0.4 is 17.2 Å². The Morgan fingerprint density at radius 3 is 1.98 bits per heavy atom. The van der Waals surface area contributed by atoms with Gasteiger partial charge in [0.2, 0.25) is 0 Å². The number of nitrogens with two attached hydrogens (primary N) is 3. The van der Waals surface area contributed by atoms with Gasteiger partial charge in [-0.25, -0.2) is 4.79 Å². The standard InChI is InChI=1S/C24H38N4O15S/c25-10-13(32)16(7(3-29)39-21(10)38)41-22-11(26)14(33)17(8(4-30)40-22)42-23-12(27)15(34)19(35)24(5-31,43-23)18-6(20(36)37)1-2-9(44)28-18/h1-2,7-8,10-17,19,21-23,29-35,38H,3-5,25-27H2,(H,28,44)(H,36,37)/t7-,8-,10-,11-,12-,13-,14-,15-,16?,17?,19+,21-,22+,23+,24+/m1/s1. The number of aromatic carboxylic acids is 1. The number of carboxylic acids is 1. The fourth-order valence-electron chi connectivity index (χ4n) is 5.48. The molecule has 1 aromatic heterocycles. The monoisotopic (exact) mass is 654 g/mol. The van der Waals surface area contributed by atoms with E-state index in [9.17, 15) is 50.8 Å². The molecule has 0 saturated carbocycles. The van der Waals surface area contributed by atoms with Crippen LogP contribution in [-0.2, 0) is 29.3 Å². The molecule has 3 aliphatic heterocycles. The predicted octanol–water partition coefficient (Wildman–Crippen LogP) is -6.39. The highest BCUT2D eigenvalue weighted by molar-refractivity contribution is 7.71. The maximum atomic E-state index is 12.0. The zero-order valence-electron chi connectivity index (χ0n) is 23.0. The van der Waals surface area contributed by atoms with Crippen molar-refractivity contribution in [2.75, 3.05) is 19.8 Å². The Bertz CT molecular complexity index is 1210. The van der Waals surface area contributed by atoms with Crippen molar-refractivity contribution in [1.29, 1.82) is 0 Å². The van der Waals surface area contributed by atoms with Gasteiger partial charge in [0.1, 0.15) is 53.5 Å². The third-order valence-electron chi connectivity index (χ3n) is 8.05. The Labute approximate surface area is 254 Å². The molecule has 20 heteroatoms. The Hall–Kier alpha value is -1.80. The van der Waals surface area contributed by atoms with Crippen molar-refractivity contribution in [2.45, 2.75) is 91.4 Å². The fraction of sp³-hybridized carbons (Fsp3) is 0.750. The van der Waals surface area contributed by atoms with Gasteiger partial charge >= 0.3 is 5.97 Å².